The van der Waals surface area contributed by atoms with Crippen LogP contribution in [-0.4, -0.2) is 10.5 Å². The normalized spacial score (nSPS) is 12.1. The number of anilines is 1. The Bertz CT molecular complexity index is 751. The van der Waals surface area contributed by atoms with Crippen molar-refractivity contribution in [2.24, 2.45) is 0 Å². The van der Waals surface area contributed by atoms with Gasteiger partial charge in [0.05, 0.1) is 12.5 Å². The summed E-state index contributed by atoms with van der Waals surface area (Å²) >= 11 is 1.57. The molecule has 3 rings (SSSR count). The van der Waals surface area contributed by atoms with Crippen LogP contribution in [0.3, 0.4) is 0 Å². The number of benzene rings is 1. The number of amides is 1. The summed E-state index contributed by atoms with van der Waals surface area (Å²) in [6, 6.07) is 10.9. The van der Waals surface area contributed by atoms with Gasteiger partial charge in [-0.25, -0.2) is 8.78 Å². The van der Waals surface area contributed by atoms with Gasteiger partial charge in [0.25, 0.3) is 0 Å². The topological polar surface area (TPSA) is 34.0 Å². The molecule has 2 aromatic heterocycles. The molecule has 3 nitrogen and oxygen atoms in total. The van der Waals surface area contributed by atoms with E-state index < -0.39 is 11.6 Å². The molecule has 0 saturated heterocycles. The maximum absolute atomic E-state index is 13.2. The largest absolute Gasteiger partial charge is 0.346 e. The van der Waals surface area contributed by atoms with Gasteiger partial charge in [-0.05, 0) is 35.7 Å². The van der Waals surface area contributed by atoms with Crippen molar-refractivity contribution in [2.75, 3.05) is 5.32 Å². The van der Waals surface area contributed by atoms with E-state index in [0.29, 0.717) is 0 Å². The number of carbonyl (C=O) groups is 1. The molecule has 0 fully saturated rings. The van der Waals surface area contributed by atoms with E-state index >= 15 is 0 Å². The molecule has 0 radical (unpaired) electrons. The number of nitrogens with one attached hydrogen (secondary N) is 1. The van der Waals surface area contributed by atoms with Gasteiger partial charge in [-0.3, -0.25) is 4.79 Å². The fourth-order valence-corrected chi connectivity index (χ4v) is 3.18. The van der Waals surface area contributed by atoms with E-state index in [1.54, 1.807) is 11.3 Å². The number of halogens is 2. The fraction of sp³-hybridized carbons (Fsp3) is 0.118. The highest BCUT2D eigenvalue weighted by Crippen LogP contribution is 2.27. The lowest BCUT2D eigenvalue weighted by Crippen LogP contribution is -2.19. The highest BCUT2D eigenvalue weighted by Gasteiger charge is 2.18. The number of thiophene rings is 1. The van der Waals surface area contributed by atoms with Gasteiger partial charge in [0.15, 0.2) is 11.6 Å². The van der Waals surface area contributed by atoms with Crippen molar-refractivity contribution >= 4 is 22.9 Å². The molecular formula is C17H14F2N2OS. The molecule has 1 atom stereocenters. The maximum Gasteiger partial charge on any atom is 0.226 e. The second kappa shape index (κ2) is 6.75. The van der Waals surface area contributed by atoms with Crippen LogP contribution in [0.2, 0.25) is 0 Å². The summed E-state index contributed by atoms with van der Waals surface area (Å²) in [6.07, 6.45) is 4.00. The van der Waals surface area contributed by atoms with Crippen molar-refractivity contribution < 1.29 is 13.6 Å². The molecule has 6 heteroatoms. The van der Waals surface area contributed by atoms with Crippen LogP contribution in [0.15, 0.2) is 60.2 Å². The van der Waals surface area contributed by atoms with Crippen LogP contribution in [0.4, 0.5) is 14.5 Å². The third kappa shape index (κ3) is 3.65. The van der Waals surface area contributed by atoms with E-state index in [4.69, 9.17) is 0 Å². The first-order valence-corrected chi connectivity index (χ1v) is 7.92. The Morgan fingerprint density at radius 3 is 2.57 bits per heavy atom. The lowest BCUT2D eigenvalue weighted by Gasteiger charge is -2.17. The van der Waals surface area contributed by atoms with E-state index in [9.17, 15) is 13.6 Å². The van der Waals surface area contributed by atoms with Crippen LogP contribution in [-0.2, 0) is 4.79 Å². The molecule has 0 unspecified atom stereocenters. The predicted octanol–water partition coefficient (Wildman–Crippen LogP) is 4.45. The van der Waals surface area contributed by atoms with E-state index in [1.165, 1.54) is 6.07 Å². The van der Waals surface area contributed by atoms with Gasteiger partial charge in [0.2, 0.25) is 5.91 Å². The summed E-state index contributed by atoms with van der Waals surface area (Å²) in [4.78, 5) is 13.3. The Balaban J connectivity index is 1.75. The smallest absolute Gasteiger partial charge is 0.226 e. The summed E-state index contributed by atoms with van der Waals surface area (Å²) in [6.45, 7) is 0. The minimum atomic E-state index is -0.983. The summed E-state index contributed by atoms with van der Waals surface area (Å²) in [7, 11) is 0. The Labute approximate surface area is 136 Å². The molecule has 2 heterocycles. The van der Waals surface area contributed by atoms with Gasteiger partial charge < -0.3 is 9.88 Å². The number of carbonyl (C=O) groups excluding carboxylic acids is 1. The molecule has 0 saturated carbocycles. The van der Waals surface area contributed by atoms with Crippen molar-refractivity contribution in [3.05, 3.63) is 76.7 Å². The number of rotatable bonds is 5. The van der Waals surface area contributed by atoms with Gasteiger partial charge in [0, 0.05) is 29.0 Å². The van der Waals surface area contributed by atoms with Crippen molar-refractivity contribution in [3.8, 4) is 0 Å². The van der Waals surface area contributed by atoms with Crippen LogP contribution in [0.1, 0.15) is 17.3 Å². The minimum Gasteiger partial charge on any atom is -0.346 e. The lowest BCUT2D eigenvalue weighted by molar-refractivity contribution is -0.116. The number of nitrogens with zero attached hydrogens (tertiary/aromatic N) is 1. The summed E-state index contributed by atoms with van der Waals surface area (Å²) in [5, 5.41) is 4.57. The van der Waals surface area contributed by atoms with Crippen molar-refractivity contribution in [1.82, 2.24) is 4.57 Å². The zero-order valence-electron chi connectivity index (χ0n) is 12.1. The Kier molecular flexibility index (Phi) is 4.52. The van der Waals surface area contributed by atoms with Crippen LogP contribution >= 0.6 is 11.3 Å². The predicted molar refractivity (Wildman–Crippen MR) is 86.5 cm³/mol. The first-order valence-electron chi connectivity index (χ1n) is 7.04. The van der Waals surface area contributed by atoms with E-state index in [2.05, 4.69) is 5.32 Å². The Hall–Kier alpha value is -2.47. The van der Waals surface area contributed by atoms with Gasteiger partial charge in [0.1, 0.15) is 0 Å². The molecule has 0 aliphatic rings. The van der Waals surface area contributed by atoms with Gasteiger partial charge in [-0.15, -0.1) is 11.3 Å². The highest BCUT2D eigenvalue weighted by atomic mass is 32.1. The first-order chi connectivity index (χ1) is 11.1. The molecular weight excluding hydrogens is 318 g/mol. The van der Waals surface area contributed by atoms with Crippen LogP contribution in [0.25, 0.3) is 0 Å². The Morgan fingerprint density at radius 1 is 1.13 bits per heavy atom. The second-order valence-corrected chi connectivity index (χ2v) is 6.02. The third-order valence-electron chi connectivity index (χ3n) is 3.44. The molecule has 0 spiro atoms. The van der Waals surface area contributed by atoms with Crippen molar-refractivity contribution in [1.29, 1.82) is 0 Å². The minimum absolute atomic E-state index is 0.129. The third-order valence-corrected chi connectivity index (χ3v) is 4.41. The molecule has 3 aromatic rings. The zero-order valence-corrected chi connectivity index (χ0v) is 12.9. The number of aromatic nitrogens is 1. The van der Waals surface area contributed by atoms with E-state index in [0.717, 1.165) is 17.0 Å². The first kappa shape index (κ1) is 15.4. The zero-order chi connectivity index (χ0) is 16.2. The van der Waals surface area contributed by atoms with Gasteiger partial charge >= 0.3 is 0 Å². The summed E-state index contributed by atoms with van der Waals surface area (Å²) < 4.78 is 28.1. The summed E-state index contributed by atoms with van der Waals surface area (Å²) in [5.41, 5.74) is 0.242. The standard InChI is InChI=1S/C17H14F2N2OS/c18-13-6-5-12(10-14(13)19)20-17(22)11-15(16-4-3-9-23-16)21-7-1-2-8-21/h1-10,15H,11H2,(H,20,22)/t15-/m0/s1. The Morgan fingerprint density at radius 2 is 1.91 bits per heavy atom. The SMILES string of the molecule is O=C(C[C@@H](c1cccs1)n1cccc1)Nc1ccc(F)c(F)c1. The van der Waals surface area contributed by atoms with Crippen LogP contribution < -0.4 is 5.32 Å². The molecule has 118 valence electrons. The maximum atomic E-state index is 13.2. The number of hydrogen-bond acceptors (Lipinski definition) is 2. The molecule has 1 amide bonds. The van der Waals surface area contributed by atoms with E-state index in [1.807, 2.05) is 46.6 Å². The van der Waals surface area contributed by atoms with Crippen molar-refractivity contribution in [3.63, 3.8) is 0 Å². The molecule has 23 heavy (non-hydrogen) atoms. The van der Waals surface area contributed by atoms with E-state index in [-0.39, 0.29) is 24.1 Å². The molecule has 0 aliphatic heterocycles. The highest BCUT2D eigenvalue weighted by molar-refractivity contribution is 7.10. The monoisotopic (exact) mass is 332 g/mol. The van der Waals surface area contributed by atoms with Gasteiger partial charge in [-0.1, -0.05) is 6.07 Å². The average molecular weight is 332 g/mol. The summed E-state index contributed by atoms with van der Waals surface area (Å²) in [5.74, 6) is -2.18. The quantitative estimate of drug-likeness (QED) is 0.736. The lowest BCUT2D eigenvalue weighted by atomic mass is 10.1. The average Bonchev–Trinajstić information content (AvgIpc) is 3.21. The molecule has 0 aliphatic carbocycles. The van der Waals surface area contributed by atoms with Gasteiger partial charge in [-0.2, -0.15) is 0 Å². The van der Waals surface area contributed by atoms with Crippen molar-refractivity contribution in [2.45, 2.75) is 12.5 Å². The number of hydrogen-bond donors (Lipinski definition) is 1. The fourth-order valence-electron chi connectivity index (χ4n) is 2.35. The molecule has 0 bridgehead atoms. The van der Waals surface area contributed by atoms with Crippen LogP contribution in [0, 0.1) is 11.6 Å². The molecule has 1 N–H and O–H groups in total. The second-order valence-electron chi connectivity index (χ2n) is 5.04. The molecule has 1 aromatic carbocycles. The van der Waals surface area contributed by atoms with Crippen LogP contribution in [0.5, 0.6) is 0 Å².